The molecule has 1 aromatic carbocycles. The fraction of sp³-hybridized carbons (Fsp3) is 0.556. The second kappa shape index (κ2) is 8.08. The number of amides is 2. The molecule has 1 fully saturated rings. The third kappa shape index (κ3) is 5.36. The van der Waals surface area contributed by atoms with Gasteiger partial charge in [0, 0.05) is 23.6 Å². The monoisotopic (exact) mass is 412 g/mol. The van der Waals surface area contributed by atoms with Crippen LogP contribution in [0.15, 0.2) is 22.7 Å². The first-order valence-electron chi connectivity index (χ1n) is 8.32. The number of nitrogens with zero attached hydrogens (tertiary/aromatic N) is 1. The number of halogens is 1. The van der Waals surface area contributed by atoms with E-state index in [1.807, 2.05) is 32.9 Å². The third-order valence-corrected chi connectivity index (χ3v) is 4.50. The minimum atomic E-state index is -0.545. The van der Waals surface area contributed by atoms with Gasteiger partial charge in [-0.3, -0.25) is 4.79 Å². The number of piperidine rings is 1. The standard InChI is InChI=1S/C18H25BrN2O4/c1-18(2,3)25-17(23)20-12-7-6-10-21(11-12)16(22)15-13(19)8-5-9-14(15)24-4/h5,8-9,12H,6-7,10-11H2,1-4H3,(H,20,23)/t12-/m1/s1. The van der Waals surface area contributed by atoms with Crippen LogP contribution < -0.4 is 10.1 Å². The van der Waals surface area contributed by atoms with E-state index < -0.39 is 11.7 Å². The quantitative estimate of drug-likeness (QED) is 0.823. The summed E-state index contributed by atoms with van der Waals surface area (Å²) in [7, 11) is 1.54. The van der Waals surface area contributed by atoms with Crippen molar-refractivity contribution < 1.29 is 19.1 Å². The average Bonchev–Trinajstić information content (AvgIpc) is 2.52. The third-order valence-electron chi connectivity index (χ3n) is 3.84. The maximum Gasteiger partial charge on any atom is 0.407 e. The minimum Gasteiger partial charge on any atom is -0.496 e. The van der Waals surface area contributed by atoms with Gasteiger partial charge in [-0.25, -0.2) is 4.79 Å². The zero-order valence-corrected chi connectivity index (χ0v) is 16.7. The number of likely N-dealkylation sites (tertiary alicyclic amines) is 1. The summed E-state index contributed by atoms with van der Waals surface area (Å²) in [5.74, 6) is 0.418. The second-order valence-corrected chi connectivity index (χ2v) is 7.91. The van der Waals surface area contributed by atoms with Crippen LogP contribution in [0, 0.1) is 0 Å². The Morgan fingerprint density at radius 2 is 2.04 bits per heavy atom. The normalized spacial score (nSPS) is 17.8. The zero-order valence-electron chi connectivity index (χ0n) is 15.1. The number of hydrogen-bond donors (Lipinski definition) is 1. The molecule has 0 aromatic heterocycles. The lowest BCUT2D eigenvalue weighted by molar-refractivity contribution is 0.0451. The molecule has 0 saturated carbocycles. The van der Waals surface area contributed by atoms with Crippen LogP contribution in [-0.2, 0) is 4.74 Å². The Morgan fingerprint density at radius 3 is 2.68 bits per heavy atom. The van der Waals surface area contributed by atoms with E-state index >= 15 is 0 Å². The van der Waals surface area contributed by atoms with Crippen molar-refractivity contribution in [2.75, 3.05) is 20.2 Å². The summed E-state index contributed by atoms with van der Waals surface area (Å²) in [5, 5.41) is 2.86. The lowest BCUT2D eigenvalue weighted by Gasteiger charge is -2.34. The van der Waals surface area contributed by atoms with Crippen LogP contribution in [0.1, 0.15) is 44.0 Å². The number of benzene rings is 1. The molecule has 6 nitrogen and oxygen atoms in total. The molecule has 2 amide bonds. The fourth-order valence-corrected chi connectivity index (χ4v) is 3.31. The molecular formula is C18H25BrN2O4. The molecule has 1 heterocycles. The van der Waals surface area contributed by atoms with Crippen molar-refractivity contribution in [1.82, 2.24) is 10.2 Å². The summed E-state index contributed by atoms with van der Waals surface area (Å²) >= 11 is 3.43. The van der Waals surface area contributed by atoms with Crippen molar-refractivity contribution in [2.45, 2.75) is 45.3 Å². The first-order chi connectivity index (χ1) is 11.7. The predicted molar refractivity (Wildman–Crippen MR) is 99.0 cm³/mol. The van der Waals surface area contributed by atoms with Crippen molar-refractivity contribution in [3.63, 3.8) is 0 Å². The number of carbonyl (C=O) groups excluding carboxylic acids is 2. The minimum absolute atomic E-state index is 0.111. The molecule has 1 saturated heterocycles. The van der Waals surface area contributed by atoms with E-state index in [2.05, 4.69) is 21.2 Å². The van der Waals surface area contributed by atoms with E-state index in [9.17, 15) is 9.59 Å². The summed E-state index contributed by atoms with van der Waals surface area (Å²) in [6.07, 6.45) is 1.18. The largest absolute Gasteiger partial charge is 0.496 e. The first-order valence-corrected chi connectivity index (χ1v) is 9.12. The Balaban J connectivity index is 2.06. The summed E-state index contributed by atoms with van der Waals surface area (Å²) in [5.41, 5.74) is -0.0424. The van der Waals surface area contributed by atoms with Crippen LogP contribution in [-0.4, -0.2) is 48.7 Å². The topological polar surface area (TPSA) is 67.9 Å². The van der Waals surface area contributed by atoms with Crippen molar-refractivity contribution in [1.29, 1.82) is 0 Å². The molecule has 1 atom stereocenters. The van der Waals surface area contributed by atoms with Crippen molar-refractivity contribution in [3.05, 3.63) is 28.2 Å². The first kappa shape index (κ1) is 19.6. The van der Waals surface area contributed by atoms with Crippen LogP contribution in [0.4, 0.5) is 4.79 Å². The summed E-state index contributed by atoms with van der Waals surface area (Å²) in [4.78, 5) is 26.6. The van der Waals surface area contributed by atoms with Crippen molar-refractivity contribution in [2.24, 2.45) is 0 Å². The molecule has 0 radical (unpaired) electrons. The highest BCUT2D eigenvalue weighted by Gasteiger charge is 2.29. The maximum atomic E-state index is 12.9. The highest BCUT2D eigenvalue weighted by Crippen LogP contribution is 2.29. The van der Waals surface area contributed by atoms with E-state index in [1.165, 1.54) is 0 Å². The fourth-order valence-electron chi connectivity index (χ4n) is 2.79. The lowest BCUT2D eigenvalue weighted by Crippen LogP contribution is -2.50. The van der Waals surface area contributed by atoms with Gasteiger partial charge in [-0.2, -0.15) is 0 Å². The van der Waals surface area contributed by atoms with Crippen molar-refractivity contribution >= 4 is 27.9 Å². The average molecular weight is 413 g/mol. The molecule has 1 N–H and O–H groups in total. The number of alkyl carbamates (subject to hydrolysis) is 1. The molecule has 138 valence electrons. The van der Waals surface area contributed by atoms with Gasteiger partial charge in [-0.15, -0.1) is 0 Å². The summed E-state index contributed by atoms with van der Waals surface area (Å²) in [6, 6.07) is 5.28. The Morgan fingerprint density at radius 1 is 1.32 bits per heavy atom. The molecule has 1 aliphatic heterocycles. The van der Waals surface area contributed by atoms with Gasteiger partial charge < -0.3 is 19.7 Å². The van der Waals surface area contributed by atoms with Crippen LogP contribution in [0.5, 0.6) is 5.75 Å². The van der Waals surface area contributed by atoms with E-state index in [0.29, 0.717) is 28.9 Å². The zero-order chi connectivity index (χ0) is 18.6. The highest BCUT2D eigenvalue weighted by molar-refractivity contribution is 9.10. The van der Waals surface area contributed by atoms with Gasteiger partial charge >= 0.3 is 6.09 Å². The molecule has 0 aliphatic carbocycles. The molecule has 0 bridgehead atoms. The van der Waals surface area contributed by atoms with Crippen LogP contribution in [0.25, 0.3) is 0 Å². The molecule has 0 unspecified atom stereocenters. The second-order valence-electron chi connectivity index (χ2n) is 7.05. The van der Waals surface area contributed by atoms with Gasteiger partial charge in [-0.05, 0) is 61.7 Å². The van der Waals surface area contributed by atoms with Crippen LogP contribution in [0.3, 0.4) is 0 Å². The van der Waals surface area contributed by atoms with Crippen LogP contribution in [0.2, 0.25) is 0 Å². The van der Waals surface area contributed by atoms with E-state index in [0.717, 1.165) is 12.8 Å². The number of hydrogen-bond acceptors (Lipinski definition) is 4. The molecule has 1 aromatic rings. The molecule has 0 spiro atoms. The smallest absolute Gasteiger partial charge is 0.407 e. The Hall–Kier alpha value is -1.76. The van der Waals surface area contributed by atoms with Gasteiger partial charge in [-0.1, -0.05) is 6.07 Å². The van der Waals surface area contributed by atoms with Gasteiger partial charge in [0.25, 0.3) is 5.91 Å². The summed E-state index contributed by atoms with van der Waals surface area (Å²) in [6.45, 7) is 6.56. The number of methoxy groups -OCH3 is 1. The lowest BCUT2D eigenvalue weighted by atomic mass is 10.0. The number of ether oxygens (including phenoxy) is 2. The van der Waals surface area contributed by atoms with Crippen molar-refractivity contribution in [3.8, 4) is 5.75 Å². The van der Waals surface area contributed by atoms with Gasteiger partial charge in [0.1, 0.15) is 11.4 Å². The highest BCUT2D eigenvalue weighted by atomic mass is 79.9. The van der Waals surface area contributed by atoms with Gasteiger partial charge in [0.2, 0.25) is 0 Å². The van der Waals surface area contributed by atoms with E-state index in [-0.39, 0.29) is 11.9 Å². The molecule has 2 rings (SSSR count). The van der Waals surface area contributed by atoms with Crippen LogP contribution >= 0.6 is 15.9 Å². The predicted octanol–water partition coefficient (Wildman–Crippen LogP) is 3.59. The van der Waals surface area contributed by atoms with E-state index in [1.54, 1.807) is 18.1 Å². The van der Waals surface area contributed by atoms with E-state index in [4.69, 9.17) is 9.47 Å². The number of carbonyl (C=O) groups is 2. The molecule has 25 heavy (non-hydrogen) atoms. The molecule has 1 aliphatic rings. The molecular weight excluding hydrogens is 388 g/mol. The Kier molecular flexibility index (Phi) is 6.32. The Bertz CT molecular complexity index is 642. The summed E-state index contributed by atoms with van der Waals surface area (Å²) < 4.78 is 11.3. The SMILES string of the molecule is COc1cccc(Br)c1C(=O)N1CCC[C@@H](NC(=O)OC(C)(C)C)C1. The van der Waals surface area contributed by atoms with Gasteiger partial charge in [0.05, 0.1) is 12.7 Å². The number of nitrogens with one attached hydrogen (secondary N) is 1. The Labute approximate surface area is 157 Å². The molecule has 7 heteroatoms. The maximum absolute atomic E-state index is 12.9. The van der Waals surface area contributed by atoms with Gasteiger partial charge in [0.15, 0.2) is 0 Å². The number of rotatable bonds is 3.